The Labute approximate surface area is 189 Å². The van der Waals surface area contributed by atoms with E-state index in [-0.39, 0.29) is 7.92 Å². The van der Waals surface area contributed by atoms with Crippen molar-refractivity contribution in [2.24, 2.45) is 0 Å². The lowest BCUT2D eigenvalue weighted by Crippen LogP contribution is -2.11. The largest absolute Gasteiger partial charge is 0.0746 e. The molecule has 0 saturated carbocycles. The van der Waals surface area contributed by atoms with Crippen LogP contribution in [0.1, 0.15) is 52.4 Å². The molecule has 0 saturated heterocycles. The fourth-order valence-corrected chi connectivity index (χ4v) is 7.47. The molecule has 0 aromatic heterocycles. The molecule has 0 aliphatic rings. The molecule has 0 bridgehead atoms. The standard InChI is InChI=1S/C30H35P/c1-3-5-11-22-31(23-12-6-4-2)29-21-20-25-15-8-10-18-27(25)30(29)28-19-13-16-24-14-7-9-17-26(24)28/h7-10,13-21H,3-6,11-12,22-23H2,1-2H3. The lowest BCUT2D eigenvalue weighted by Gasteiger charge is -2.24. The zero-order valence-corrected chi connectivity index (χ0v) is 20.0. The molecule has 0 radical (unpaired) electrons. The summed E-state index contributed by atoms with van der Waals surface area (Å²) in [4.78, 5) is 0. The van der Waals surface area contributed by atoms with Gasteiger partial charge in [0.25, 0.3) is 0 Å². The number of fused-ring (bicyclic) bond motifs is 2. The summed E-state index contributed by atoms with van der Waals surface area (Å²) in [5.41, 5.74) is 2.90. The zero-order chi connectivity index (χ0) is 21.5. The molecule has 4 aromatic carbocycles. The van der Waals surface area contributed by atoms with Crippen LogP contribution in [0.25, 0.3) is 32.7 Å². The van der Waals surface area contributed by atoms with Crippen LogP contribution in [0.15, 0.2) is 78.9 Å². The van der Waals surface area contributed by atoms with Crippen LogP contribution in [0.5, 0.6) is 0 Å². The van der Waals surface area contributed by atoms with Gasteiger partial charge in [-0.1, -0.05) is 126 Å². The van der Waals surface area contributed by atoms with Crippen molar-refractivity contribution in [2.45, 2.75) is 52.4 Å². The average Bonchev–Trinajstić information content (AvgIpc) is 2.82. The molecule has 0 fully saturated rings. The molecule has 0 aliphatic carbocycles. The van der Waals surface area contributed by atoms with Crippen molar-refractivity contribution < 1.29 is 0 Å². The van der Waals surface area contributed by atoms with E-state index in [1.165, 1.54) is 83.5 Å². The van der Waals surface area contributed by atoms with E-state index < -0.39 is 0 Å². The molecule has 0 atom stereocenters. The fourth-order valence-electron chi connectivity index (χ4n) is 4.71. The zero-order valence-electron chi connectivity index (χ0n) is 19.1. The van der Waals surface area contributed by atoms with Gasteiger partial charge < -0.3 is 0 Å². The van der Waals surface area contributed by atoms with E-state index in [0.717, 1.165) is 0 Å². The third-order valence-corrected chi connectivity index (χ3v) is 9.14. The van der Waals surface area contributed by atoms with Gasteiger partial charge in [0, 0.05) is 0 Å². The SMILES string of the molecule is CCCCCP(CCCCC)c1ccc2ccccc2c1-c1cccc2ccccc12. The van der Waals surface area contributed by atoms with Crippen LogP contribution >= 0.6 is 7.92 Å². The molecule has 0 spiro atoms. The highest BCUT2D eigenvalue weighted by atomic mass is 31.1. The quantitative estimate of drug-likeness (QED) is 0.175. The van der Waals surface area contributed by atoms with Gasteiger partial charge in [0.05, 0.1) is 0 Å². The summed E-state index contributed by atoms with van der Waals surface area (Å²) in [6, 6.07) is 29.5. The smallest absolute Gasteiger partial charge is 0.00222 e. The number of rotatable bonds is 10. The maximum absolute atomic E-state index is 2.48. The van der Waals surface area contributed by atoms with Crippen LogP contribution in [0.4, 0.5) is 0 Å². The molecule has 0 unspecified atom stereocenters. The molecule has 0 aliphatic heterocycles. The Morgan fingerprint density at radius 1 is 0.548 bits per heavy atom. The summed E-state index contributed by atoms with van der Waals surface area (Å²) in [5.74, 6) is 0. The first-order valence-electron chi connectivity index (χ1n) is 12.1. The van der Waals surface area contributed by atoms with Gasteiger partial charge in [-0.05, 0) is 63.1 Å². The van der Waals surface area contributed by atoms with Gasteiger partial charge in [-0.3, -0.25) is 0 Å². The summed E-state index contributed by atoms with van der Waals surface area (Å²) >= 11 is 0. The Hall–Kier alpha value is -2.17. The van der Waals surface area contributed by atoms with E-state index in [9.17, 15) is 0 Å². The second kappa shape index (κ2) is 10.9. The molecule has 4 aromatic rings. The van der Waals surface area contributed by atoms with Gasteiger partial charge in [-0.2, -0.15) is 0 Å². The molecule has 160 valence electrons. The highest BCUT2D eigenvalue weighted by Gasteiger charge is 2.19. The Bertz CT molecular complexity index is 1110. The first kappa shape index (κ1) is 22.0. The van der Waals surface area contributed by atoms with E-state index in [1.54, 1.807) is 5.30 Å². The number of benzene rings is 4. The van der Waals surface area contributed by atoms with E-state index in [2.05, 4.69) is 92.7 Å². The minimum Gasteiger partial charge on any atom is -0.0746 e. The van der Waals surface area contributed by atoms with Gasteiger partial charge in [0.15, 0.2) is 0 Å². The van der Waals surface area contributed by atoms with Crippen molar-refractivity contribution in [3.8, 4) is 11.1 Å². The summed E-state index contributed by atoms with van der Waals surface area (Å²) in [7, 11) is -0.152. The lowest BCUT2D eigenvalue weighted by molar-refractivity contribution is 0.763. The fraction of sp³-hybridized carbons (Fsp3) is 0.333. The predicted octanol–water partition coefficient (Wildman–Crippen LogP) is 9.15. The highest BCUT2D eigenvalue weighted by Crippen LogP contribution is 2.44. The third-order valence-electron chi connectivity index (χ3n) is 6.37. The van der Waals surface area contributed by atoms with Crippen LogP contribution in [-0.4, -0.2) is 12.3 Å². The second-order valence-corrected chi connectivity index (χ2v) is 11.1. The van der Waals surface area contributed by atoms with Crippen LogP contribution < -0.4 is 5.30 Å². The molecule has 4 rings (SSSR count). The van der Waals surface area contributed by atoms with Crippen molar-refractivity contribution in [2.75, 3.05) is 12.3 Å². The average molecular weight is 427 g/mol. The minimum absolute atomic E-state index is 0.152. The maximum atomic E-state index is 2.48. The molecule has 0 heterocycles. The van der Waals surface area contributed by atoms with Crippen molar-refractivity contribution in [3.63, 3.8) is 0 Å². The third kappa shape index (κ3) is 5.02. The van der Waals surface area contributed by atoms with Crippen LogP contribution in [0.3, 0.4) is 0 Å². The molecular formula is C30H35P. The summed E-state index contributed by atoms with van der Waals surface area (Å²) in [6.07, 6.45) is 10.7. The summed E-state index contributed by atoms with van der Waals surface area (Å²) in [6.45, 7) is 4.63. The molecule has 0 N–H and O–H groups in total. The predicted molar refractivity (Wildman–Crippen MR) is 142 cm³/mol. The van der Waals surface area contributed by atoms with Crippen LogP contribution in [0.2, 0.25) is 0 Å². The Morgan fingerprint density at radius 3 is 1.81 bits per heavy atom. The monoisotopic (exact) mass is 426 g/mol. The van der Waals surface area contributed by atoms with Gasteiger partial charge in [-0.15, -0.1) is 0 Å². The summed E-state index contributed by atoms with van der Waals surface area (Å²) in [5, 5.41) is 7.10. The molecule has 0 amide bonds. The van der Waals surface area contributed by atoms with Crippen molar-refractivity contribution in [1.82, 2.24) is 0 Å². The second-order valence-electron chi connectivity index (χ2n) is 8.61. The first-order valence-corrected chi connectivity index (χ1v) is 13.8. The van der Waals surface area contributed by atoms with E-state index in [4.69, 9.17) is 0 Å². The van der Waals surface area contributed by atoms with Crippen LogP contribution in [-0.2, 0) is 0 Å². The lowest BCUT2D eigenvalue weighted by atomic mass is 9.94. The molecule has 31 heavy (non-hydrogen) atoms. The van der Waals surface area contributed by atoms with Gasteiger partial charge in [0.1, 0.15) is 0 Å². The topological polar surface area (TPSA) is 0 Å². The first-order chi connectivity index (χ1) is 15.3. The Morgan fingerprint density at radius 2 is 1.13 bits per heavy atom. The number of hydrogen-bond donors (Lipinski definition) is 0. The van der Waals surface area contributed by atoms with Gasteiger partial charge >= 0.3 is 0 Å². The Kier molecular flexibility index (Phi) is 7.76. The van der Waals surface area contributed by atoms with Crippen molar-refractivity contribution >= 4 is 34.8 Å². The van der Waals surface area contributed by atoms with E-state index in [1.807, 2.05) is 0 Å². The number of hydrogen-bond acceptors (Lipinski definition) is 0. The van der Waals surface area contributed by atoms with Gasteiger partial charge in [-0.25, -0.2) is 0 Å². The van der Waals surface area contributed by atoms with E-state index in [0.29, 0.717) is 0 Å². The highest BCUT2D eigenvalue weighted by molar-refractivity contribution is 7.66. The molecule has 1 heteroatoms. The molecule has 0 nitrogen and oxygen atoms in total. The normalized spacial score (nSPS) is 11.6. The summed E-state index contributed by atoms with van der Waals surface area (Å²) < 4.78 is 0. The van der Waals surface area contributed by atoms with Gasteiger partial charge in [0.2, 0.25) is 0 Å². The van der Waals surface area contributed by atoms with E-state index >= 15 is 0 Å². The minimum atomic E-state index is -0.152. The molecular weight excluding hydrogens is 391 g/mol. The van der Waals surface area contributed by atoms with Crippen LogP contribution in [0, 0.1) is 0 Å². The Balaban J connectivity index is 1.90. The van der Waals surface area contributed by atoms with Crippen molar-refractivity contribution in [3.05, 3.63) is 78.9 Å². The number of unbranched alkanes of at least 4 members (excludes halogenated alkanes) is 4. The van der Waals surface area contributed by atoms with Crippen molar-refractivity contribution in [1.29, 1.82) is 0 Å². The maximum Gasteiger partial charge on any atom is -0.00222 e.